The quantitative estimate of drug-likeness (QED) is 0.324. The molecule has 5 aromatic rings. The number of fused-ring (bicyclic) bond motifs is 3. The van der Waals surface area contributed by atoms with Crippen LogP contribution in [0, 0.1) is 0 Å². The Morgan fingerprint density at radius 2 is 1.53 bits per heavy atom. The molecule has 6 heteroatoms. The van der Waals surface area contributed by atoms with Crippen LogP contribution in [0.15, 0.2) is 101 Å². The monoisotopic (exact) mass is 479 g/mol. The van der Waals surface area contributed by atoms with Crippen molar-refractivity contribution in [2.24, 2.45) is 0 Å². The lowest BCUT2D eigenvalue weighted by Crippen LogP contribution is -2.22. The van der Waals surface area contributed by atoms with Crippen LogP contribution in [-0.4, -0.2) is 20.8 Å². The highest BCUT2D eigenvalue weighted by Crippen LogP contribution is 2.50. The first-order valence-electron chi connectivity index (χ1n) is 11.2. The van der Waals surface area contributed by atoms with Crippen LogP contribution < -0.4 is 10.1 Å². The standard InChI is InChI=1S/C28H21N3OS2/c1-2-30-24(18-17-23-27(32)31-22-16-10-9-15-21(22)29-28(31)33-23)34-26(20-13-7-4-8-14-20)25(30)19-11-5-3-6-12-19/h3-18H,2H2,1H3. The Kier molecular flexibility index (Phi) is 5.32. The summed E-state index contributed by atoms with van der Waals surface area (Å²) >= 11 is 3.19. The van der Waals surface area contributed by atoms with E-state index in [4.69, 9.17) is 0 Å². The van der Waals surface area contributed by atoms with E-state index in [2.05, 4.69) is 71.4 Å². The number of imidazole rings is 1. The number of aromatic nitrogens is 2. The summed E-state index contributed by atoms with van der Waals surface area (Å²) in [4.78, 5) is 22.1. The summed E-state index contributed by atoms with van der Waals surface area (Å²) in [5.74, 6) is 0. The minimum absolute atomic E-state index is 0.0175. The highest BCUT2D eigenvalue weighted by molar-refractivity contribution is 8.12. The Hall–Kier alpha value is -3.61. The lowest BCUT2D eigenvalue weighted by molar-refractivity contribution is 0.557. The molecule has 34 heavy (non-hydrogen) atoms. The zero-order chi connectivity index (χ0) is 23.1. The smallest absolute Gasteiger partial charge is 0.274 e. The molecule has 0 fully saturated rings. The van der Waals surface area contributed by atoms with E-state index in [1.54, 1.807) is 16.2 Å². The van der Waals surface area contributed by atoms with Crippen molar-refractivity contribution in [3.8, 4) is 0 Å². The molecule has 0 radical (unpaired) electrons. The Morgan fingerprint density at radius 3 is 2.26 bits per heavy atom. The molecule has 6 rings (SSSR count). The maximum atomic E-state index is 13.2. The number of rotatable bonds is 4. The molecular weight excluding hydrogens is 458 g/mol. The van der Waals surface area contributed by atoms with Gasteiger partial charge >= 0.3 is 0 Å². The molecule has 0 aliphatic carbocycles. The average Bonchev–Trinajstić information content (AvgIpc) is 3.54. The second-order valence-electron chi connectivity index (χ2n) is 7.92. The molecule has 3 aromatic carbocycles. The van der Waals surface area contributed by atoms with Crippen molar-refractivity contribution in [1.29, 1.82) is 0 Å². The predicted octanol–water partition coefficient (Wildman–Crippen LogP) is 5.84. The minimum atomic E-state index is -0.0175. The van der Waals surface area contributed by atoms with Crippen molar-refractivity contribution in [1.82, 2.24) is 14.3 Å². The van der Waals surface area contributed by atoms with Gasteiger partial charge in [-0.25, -0.2) is 9.38 Å². The third kappa shape index (κ3) is 3.47. The maximum Gasteiger partial charge on any atom is 0.274 e. The van der Waals surface area contributed by atoms with E-state index in [1.165, 1.54) is 33.1 Å². The van der Waals surface area contributed by atoms with Gasteiger partial charge in [0.25, 0.3) is 5.56 Å². The molecule has 0 spiro atoms. The van der Waals surface area contributed by atoms with E-state index in [-0.39, 0.29) is 5.56 Å². The highest BCUT2D eigenvalue weighted by Gasteiger charge is 2.28. The molecule has 0 unspecified atom stereocenters. The van der Waals surface area contributed by atoms with Crippen LogP contribution in [0.3, 0.4) is 0 Å². The second-order valence-corrected chi connectivity index (χ2v) is 9.96. The third-order valence-corrected chi connectivity index (χ3v) is 8.07. The van der Waals surface area contributed by atoms with E-state index in [0.717, 1.165) is 27.6 Å². The van der Waals surface area contributed by atoms with Crippen molar-refractivity contribution in [2.45, 2.75) is 6.92 Å². The van der Waals surface area contributed by atoms with E-state index >= 15 is 0 Å². The molecule has 0 bridgehead atoms. The number of nitrogens with zero attached hydrogens (tertiary/aromatic N) is 3. The zero-order valence-electron chi connectivity index (χ0n) is 18.5. The van der Waals surface area contributed by atoms with Gasteiger partial charge in [-0.05, 0) is 42.3 Å². The second kappa shape index (κ2) is 8.63. The van der Waals surface area contributed by atoms with Crippen molar-refractivity contribution >= 4 is 55.8 Å². The fourth-order valence-corrected chi connectivity index (χ4v) is 6.50. The van der Waals surface area contributed by atoms with Crippen LogP contribution in [0.2, 0.25) is 0 Å². The number of thioether (sulfide) groups is 1. The molecule has 1 aliphatic rings. The molecule has 166 valence electrons. The van der Waals surface area contributed by atoms with Gasteiger partial charge in [0.05, 0.1) is 26.3 Å². The van der Waals surface area contributed by atoms with Gasteiger partial charge in [-0.1, -0.05) is 95.9 Å². The minimum Gasteiger partial charge on any atom is -0.335 e. The van der Waals surface area contributed by atoms with Crippen LogP contribution in [-0.2, 0) is 0 Å². The molecule has 0 amide bonds. The predicted molar refractivity (Wildman–Crippen MR) is 144 cm³/mol. The van der Waals surface area contributed by atoms with Crippen LogP contribution >= 0.6 is 23.1 Å². The molecule has 1 aliphatic heterocycles. The van der Waals surface area contributed by atoms with E-state index in [1.807, 2.05) is 42.5 Å². The normalized spacial score (nSPS) is 16.0. The topological polar surface area (TPSA) is 37.6 Å². The van der Waals surface area contributed by atoms with Gasteiger partial charge in [-0.15, -0.1) is 0 Å². The summed E-state index contributed by atoms with van der Waals surface area (Å²) in [5, 5.41) is 1.11. The van der Waals surface area contributed by atoms with Gasteiger partial charge in [0.15, 0.2) is 4.96 Å². The van der Waals surface area contributed by atoms with Crippen LogP contribution in [0.4, 0.5) is 0 Å². The van der Waals surface area contributed by atoms with Crippen LogP contribution in [0.5, 0.6) is 0 Å². The summed E-state index contributed by atoms with van der Waals surface area (Å²) < 4.78 is 2.40. The molecule has 3 heterocycles. The SMILES string of the molecule is CCN1C(=CC=c2sc3nc4ccccc4n3c2=O)SC(c2ccccc2)=C1c1ccccc1. The van der Waals surface area contributed by atoms with E-state index in [0.29, 0.717) is 4.53 Å². The number of thiazole rings is 1. The first-order chi connectivity index (χ1) is 16.7. The molecule has 0 saturated carbocycles. The van der Waals surface area contributed by atoms with Crippen LogP contribution in [0.25, 0.3) is 32.7 Å². The lowest BCUT2D eigenvalue weighted by atomic mass is 10.1. The molecule has 0 N–H and O–H groups in total. The fraction of sp³-hybridized carbons (Fsp3) is 0.0714. The highest BCUT2D eigenvalue weighted by atomic mass is 32.2. The number of hydrogen-bond acceptors (Lipinski definition) is 5. The summed E-state index contributed by atoms with van der Waals surface area (Å²) in [6, 6.07) is 28.8. The van der Waals surface area contributed by atoms with E-state index in [9.17, 15) is 4.79 Å². The largest absolute Gasteiger partial charge is 0.335 e. The molecule has 4 nitrogen and oxygen atoms in total. The number of benzene rings is 3. The Balaban J connectivity index is 1.47. The number of allylic oxidation sites excluding steroid dienone is 1. The molecular formula is C28H21N3OS2. The fourth-order valence-electron chi connectivity index (χ4n) is 4.32. The summed E-state index contributed by atoms with van der Waals surface area (Å²) in [7, 11) is 0. The average molecular weight is 480 g/mol. The first-order valence-corrected chi connectivity index (χ1v) is 12.8. The molecule has 2 aromatic heterocycles. The van der Waals surface area contributed by atoms with Gasteiger partial charge in [0.1, 0.15) is 0 Å². The van der Waals surface area contributed by atoms with Crippen molar-refractivity contribution in [3.63, 3.8) is 0 Å². The summed E-state index contributed by atoms with van der Waals surface area (Å²) in [5.41, 5.74) is 5.27. The Bertz CT molecular complexity index is 1680. The van der Waals surface area contributed by atoms with E-state index < -0.39 is 0 Å². The lowest BCUT2D eigenvalue weighted by Gasteiger charge is -2.21. The van der Waals surface area contributed by atoms with Gasteiger partial charge in [-0.2, -0.15) is 0 Å². The molecule has 0 atom stereocenters. The van der Waals surface area contributed by atoms with Gasteiger partial charge in [0, 0.05) is 11.4 Å². The number of hydrogen-bond donors (Lipinski definition) is 0. The maximum absolute atomic E-state index is 13.2. The van der Waals surface area contributed by atoms with Gasteiger partial charge in [-0.3, -0.25) is 4.79 Å². The Morgan fingerprint density at radius 1 is 0.853 bits per heavy atom. The van der Waals surface area contributed by atoms with Gasteiger partial charge < -0.3 is 4.90 Å². The molecule has 0 saturated heterocycles. The first kappa shape index (κ1) is 21.0. The van der Waals surface area contributed by atoms with Crippen LogP contribution in [0.1, 0.15) is 18.1 Å². The van der Waals surface area contributed by atoms with Crippen molar-refractivity contribution in [2.75, 3.05) is 6.54 Å². The zero-order valence-corrected chi connectivity index (χ0v) is 20.1. The number of para-hydroxylation sites is 2. The van der Waals surface area contributed by atoms with Crippen molar-refractivity contribution < 1.29 is 0 Å². The van der Waals surface area contributed by atoms with Gasteiger partial charge in [0.2, 0.25) is 0 Å². The van der Waals surface area contributed by atoms with Crippen molar-refractivity contribution in [3.05, 3.63) is 122 Å². The third-order valence-electron chi connectivity index (χ3n) is 5.88. The summed E-state index contributed by atoms with van der Waals surface area (Å²) in [6.07, 6.45) is 4.01. The Labute approximate surface area is 205 Å². The summed E-state index contributed by atoms with van der Waals surface area (Å²) in [6.45, 7) is 2.99.